The average Bonchev–Trinajstić information content (AvgIpc) is 2.37. The summed E-state index contributed by atoms with van der Waals surface area (Å²) in [5.41, 5.74) is 7.31. The summed E-state index contributed by atoms with van der Waals surface area (Å²) in [7, 11) is 1.64. The van der Waals surface area contributed by atoms with Crippen molar-refractivity contribution in [2.45, 2.75) is 26.5 Å². The fourth-order valence-corrected chi connectivity index (χ4v) is 1.81. The minimum absolute atomic E-state index is 0.114. The third-order valence-electron chi connectivity index (χ3n) is 2.60. The van der Waals surface area contributed by atoms with Crippen molar-refractivity contribution in [3.05, 3.63) is 30.0 Å². The first-order valence-electron chi connectivity index (χ1n) is 5.98. The summed E-state index contributed by atoms with van der Waals surface area (Å²) in [6.07, 6.45) is 0.114. The molecular formula is C14H18N2O2. The standard InChI is InChI=1S/C14H18N2O2/c1-9(2)18-14-6-10(8-15)16-13-7-11(17-3)4-5-12(13)14/h4-7,9H,8,15H2,1-3H3. The second kappa shape index (κ2) is 5.23. The zero-order chi connectivity index (χ0) is 13.1. The van der Waals surface area contributed by atoms with Crippen molar-refractivity contribution in [1.82, 2.24) is 4.98 Å². The average molecular weight is 246 g/mol. The molecule has 96 valence electrons. The van der Waals surface area contributed by atoms with Gasteiger partial charge in [-0.3, -0.25) is 4.98 Å². The Morgan fingerprint density at radius 1 is 1.28 bits per heavy atom. The Labute approximate surface area is 107 Å². The Kier molecular flexibility index (Phi) is 3.67. The zero-order valence-electron chi connectivity index (χ0n) is 10.9. The van der Waals surface area contributed by atoms with Crippen LogP contribution >= 0.6 is 0 Å². The third-order valence-corrected chi connectivity index (χ3v) is 2.60. The van der Waals surface area contributed by atoms with Gasteiger partial charge in [-0.2, -0.15) is 0 Å². The molecule has 0 atom stereocenters. The van der Waals surface area contributed by atoms with Gasteiger partial charge in [0.05, 0.1) is 24.4 Å². The van der Waals surface area contributed by atoms with Crippen LogP contribution < -0.4 is 15.2 Å². The fourth-order valence-electron chi connectivity index (χ4n) is 1.81. The number of nitrogens with two attached hydrogens (primary N) is 1. The molecule has 0 aliphatic carbocycles. The quantitative estimate of drug-likeness (QED) is 0.900. The van der Waals surface area contributed by atoms with Crippen LogP contribution in [0, 0.1) is 0 Å². The minimum atomic E-state index is 0.114. The largest absolute Gasteiger partial charge is 0.497 e. The number of ether oxygens (including phenoxy) is 2. The van der Waals surface area contributed by atoms with E-state index < -0.39 is 0 Å². The smallest absolute Gasteiger partial charge is 0.130 e. The number of rotatable bonds is 4. The normalized spacial score (nSPS) is 10.9. The topological polar surface area (TPSA) is 57.4 Å². The van der Waals surface area contributed by atoms with Gasteiger partial charge in [0.25, 0.3) is 0 Å². The second-order valence-corrected chi connectivity index (χ2v) is 4.37. The van der Waals surface area contributed by atoms with Gasteiger partial charge in [0.1, 0.15) is 11.5 Å². The Bertz CT molecular complexity index is 547. The number of pyridine rings is 1. The van der Waals surface area contributed by atoms with Crippen LogP contribution in [0.1, 0.15) is 19.5 Å². The monoisotopic (exact) mass is 246 g/mol. The second-order valence-electron chi connectivity index (χ2n) is 4.37. The van der Waals surface area contributed by atoms with E-state index in [9.17, 15) is 0 Å². The molecule has 2 N–H and O–H groups in total. The highest BCUT2D eigenvalue weighted by atomic mass is 16.5. The minimum Gasteiger partial charge on any atom is -0.497 e. The van der Waals surface area contributed by atoms with Crippen LogP contribution in [0.15, 0.2) is 24.3 Å². The van der Waals surface area contributed by atoms with Crippen LogP contribution in [-0.4, -0.2) is 18.2 Å². The van der Waals surface area contributed by atoms with E-state index in [1.54, 1.807) is 7.11 Å². The van der Waals surface area contributed by atoms with E-state index in [1.807, 2.05) is 38.1 Å². The van der Waals surface area contributed by atoms with Crippen molar-refractivity contribution in [3.63, 3.8) is 0 Å². The first-order valence-corrected chi connectivity index (χ1v) is 5.98. The zero-order valence-corrected chi connectivity index (χ0v) is 10.9. The molecule has 1 aromatic carbocycles. The number of benzene rings is 1. The molecule has 18 heavy (non-hydrogen) atoms. The summed E-state index contributed by atoms with van der Waals surface area (Å²) in [6, 6.07) is 7.65. The van der Waals surface area contributed by atoms with Gasteiger partial charge < -0.3 is 15.2 Å². The number of aromatic nitrogens is 1. The van der Waals surface area contributed by atoms with Gasteiger partial charge in [-0.1, -0.05) is 0 Å². The molecule has 0 saturated carbocycles. The number of nitrogens with zero attached hydrogens (tertiary/aromatic N) is 1. The fraction of sp³-hybridized carbons (Fsp3) is 0.357. The lowest BCUT2D eigenvalue weighted by atomic mass is 10.1. The molecule has 0 saturated heterocycles. The highest BCUT2D eigenvalue weighted by Gasteiger charge is 2.09. The number of methoxy groups -OCH3 is 1. The molecule has 4 nitrogen and oxygen atoms in total. The number of fused-ring (bicyclic) bond motifs is 1. The molecule has 0 bridgehead atoms. The van der Waals surface area contributed by atoms with E-state index >= 15 is 0 Å². The first-order chi connectivity index (χ1) is 8.63. The molecule has 0 aliphatic rings. The molecule has 2 rings (SSSR count). The van der Waals surface area contributed by atoms with Gasteiger partial charge in [0.2, 0.25) is 0 Å². The number of hydrogen-bond donors (Lipinski definition) is 1. The molecule has 1 heterocycles. The van der Waals surface area contributed by atoms with Gasteiger partial charge in [-0.25, -0.2) is 0 Å². The summed E-state index contributed by atoms with van der Waals surface area (Å²) in [5, 5.41) is 0.974. The molecule has 0 fully saturated rings. The van der Waals surface area contributed by atoms with E-state index in [0.717, 1.165) is 28.1 Å². The SMILES string of the molecule is COc1ccc2c(OC(C)C)cc(CN)nc2c1. The van der Waals surface area contributed by atoms with Crippen LogP contribution in [0.5, 0.6) is 11.5 Å². The summed E-state index contributed by atoms with van der Waals surface area (Å²) < 4.78 is 11.0. The summed E-state index contributed by atoms with van der Waals surface area (Å²) >= 11 is 0. The third kappa shape index (κ3) is 2.54. The van der Waals surface area contributed by atoms with Crippen molar-refractivity contribution in [2.75, 3.05) is 7.11 Å². The predicted octanol–water partition coefficient (Wildman–Crippen LogP) is 2.49. The lowest BCUT2D eigenvalue weighted by Gasteiger charge is -2.14. The molecule has 0 radical (unpaired) electrons. The van der Waals surface area contributed by atoms with Crippen molar-refractivity contribution < 1.29 is 9.47 Å². The van der Waals surface area contributed by atoms with Crippen LogP contribution in [0.2, 0.25) is 0 Å². The highest BCUT2D eigenvalue weighted by molar-refractivity contribution is 5.86. The molecule has 2 aromatic rings. The summed E-state index contributed by atoms with van der Waals surface area (Å²) in [6.45, 7) is 4.39. The molecular weight excluding hydrogens is 228 g/mol. The maximum atomic E-state index is 5.81. The molecule has 4 heteroatoms. The highest BCUT2D eigenvalue weighted by Crippen LogP contribution is 2.29. The van der Waals surface area contributed by atoms with Gasteiger partial charge in [-0.15, -0.1) is 0 Å². The number of hydrogen-bond acceptors (Lipinski definition) is 4. The molecule has 0 aliphatic heterocycles. The molecule has 1 aromatic heterocycles. The van der Waals surface area contributed by atoms with Gasteiger partial charge in [-0.05, 0) is 26.0 Å². The van der Waals surface area contributed by atoms with Crippen LogP contribution in [0.4, 0.5) is 0 Å². The Morgan fingerprint density at radius 2 is 2.06 bits per heavy atom. The molecule has 0 spiro atoms. The summed E-state index contributed by atoms with van der Waals surface area (Å²) in [5.74, 6) is 1.60. The Balaban J connectivity index is 2.60. The van der Waals surface area contributed by atoms with E-state index in [2.05, 4.69) is 4.98 Å². The van der Waals surface area contributed by atoms with Gasteiger partial charge in [0, 0.05) is 24.1 Å². The van der Waals surface area contributed by atoms with Crippen LogP contribution in [-0.2, 0) is 6.54 Å². The van der Waals surface area contributed by atoms with Crippen molar-refractivity contribution in [1.29, 1.82) is 0 Å². The molecule has 0 amide bonds. The van der Waals surface area contributed by atoms with Crippen LogP contribution in [0.25, 0.3) is 10.9 Å². The first kappa shape index (κ1) is 12.6. The van der Waals surface area contributed by atoms with Crippen molar-refractivity contribution in [3.8, 4) is 11.5 Å². The maximum Gasteiger partial charge on any atom is 0.130 e. The van der Waals surface area contributed by atoms with Crippen LogP contribution in [0.3, 0.4) is 0 Å². The van der Waals surface area contributed by atoms with Crippen molar-refractivity contribution >= 4 is 10.9 Å². The predicted molar refractivity (Wildman–Crippen MR) is 72.0 cm³/mol. The van der Waals surface area contributed by atoms with Gasteiger partial charge in [0.15, 0.2) is 0 Å². The van der Waals surface area contributed by atoms with Crippen molar-refractivity contribution in [2.24, 2.45) is 5.73 Å². The Hall–Kier alpha value is -1.81. The molecule has 0 unspecified atom stereocenters. The van der Waals surface area contributed by atoms with Gasteiger partial charge >= 0.3 is 0 Å². The summed E-state index contributed by atoms with van der Waals surface area (Å²) in [4.78, 5) is 4.49. The maximum absolute atomic E-state index is 5.81. The van der Waals surface area contributed by atoms with E-state index in [0.29, 0.717) is 6.54 Å². The van der Waals surface area contributed by atoms with E-state index in [-0.39, 0.29) is 6.10 Å². The Morgan fingerprint density at radius 3 is 2.67 bits per heavy atom. The lowest BCUT2D eigenvalue weighted by Crippen LogP contribution is -2.08. The lowest BCUT2D eigenvalue weighted by molar-refractivity contribution is 0.245. The van der Waals surface area contributed by atoms with E-state index in [4.69, 9.17) is 15.2 Å². The van der Waals surface area contributed by atoms with E-state index in [1.165, 1.54) is 0 Å².